The summed E-state index contributed by atoms with van der Waals surface area (Å²) in [5.41, 5.74) is -0.133. The van der Waals surface area contributed by atoms with E-state index in [1.54, 1.807) is 45.1 Å². The molecule has 0 aliphatic heterocycles. The van der Waals surface area contributed by atoms with Gasteiger partial charge in [0, 0.05) is 17.1 Å². The Balaban J connectivity index is 2.44. The molecule has 0 saturated carbocycles. The summed E-state index contributed by atoms with van der Waals surface area (Å²) >= 11 is 5.86. The molecule has 1 atom stereocenters. The van der Waals surface area contributed by atoms with Gasteiger partial charge in [-0.25, -0.2) is 0 Å². The van der Waals surface area contributed by atoms with E-state index < -0.39 is 23.5 Å². The average Bonchev–Trinajstić information content (AvgIpc) is 2.47. The fourth-order valence-corrected chi connectivity index (χ4v) is 2.17. The van der Waals surface area contributed by atoms with Crippen molar-refractivity contribution in [2.45, 2.75) is 32.8 Å². The van der Waals surface area contributed by atoms with Crippen molar-refractivity contribution in [3.05, 3.63) is 34.9 Å². The number of phenolic OH excluding ortho intramolecular Hbond substituents is 1. The Hall–Kier alpha value is -2.05. The molecule has 0 heterocycles. The van der Waals surface area contributed by atoms with Gasteiger partial charge in [-0.05, 0) is 51.9 Å². The summed E-state index contributed by atoms with van der Waals surface area (Å²) in [5, 5.41) is 22.4. The number of carboxylic acids is 1. The quantitative estimate of drug-likeness (QED) is 0.370. The number of carbonyl (C=O) groups is 2. The van der Waals surface area contributed by atoms with E-state index in [1.807, 2.05) is 0 Å². The molecule has 0 unspecified atom stereocenters. The maximum atomic E-state index is 11.9. The number of aliphatic carboxylic acids is 1. The van der Waals surface area contributed by atoms with E-state index in [9.17, 15) is 14.7 Å². The van der Waals surface area contributed by atoms with Crippen LogP contribution in [0.4, 0.5) is 0 Å². The van der Waals surface area contributed by atoms with Crippen molar-refractivity contribution in [3.63, 3.8) is 0 Å². The van der Waals surface area contributed by atoms with Crippen LogP contribution in [0.15, 0.2) is 24.3 Å². The Morgan fingerprint density at radius 1 is 1.36 bits per heavy atom. The minimum absolute atomic E-state index is 0.122. The summed E-state index contributed by atoms with van der Waals surface area (Å²) < 4.78 is 5.12. The largest absolute Gasteiger partial charge is 0.507 e. The molecule has 6 nitrogen and oxygen atoms in total. The Labute approximate surface area is 152 Å². The van der Waals surface area contributed by atoms with Gasteiger partial charge in [0.15, 0.2) is 5.92 Å². The fraction of sp³-hybridized carbons (Fsp3) is 0.444. The second kappa shape index (κ2) is 9.44. The van der Waals surface area contributed by atoms with Crippen molar-refractivity contribution in [3.8, 4) is 5.75 Å². The van der Waals surface area contributed by atoms with Crippen molar-refractivity contribution in [1.82, 2.24) is 5.32 Å². The van der Waals surface area contributed by atoms with Gasteiger partial charge in [-0.15, -0.1) is 0 Å². The molecule has 1 rings (SSSR count). The zero-order valence-electron chi connectivity index (χ0n) is 14.6. The van der Waals surface area contributed by atoms with Gasteiger partial charge in [-0.3, -0.25) is 9.59 Å². The highest BCUT2D eigenvalue weighted by Gasteiger charge is 2.30. The van der Waals surface area contributed by atoms with Gasteiger partial charge in [-0.1, -0.05) is 23.8 Å². The van der Waals surface area contributed by atoms with E-state index >= 15 is 0 Å². The van der Waals surface area contributed by atoms with Gasteiger partial charge < -0.3 is 20.3 Å². The molecule has 7 heteroatoms. The fourth-order valence-electron chi connectivity index (χ4n) is 1.99. The Bertz CT molecular complexity index is 637. The minimum Gasteiger partial charge on any atom is -0.507 e. The van der Waals surface area contributed by atoms with E-state index in [1.165, 1.54) is 6.07 Å². The van der Waals surface area contributed by atoms with Gasteiger partial charge >= 0.3 is 11.9 Å². The standard InChI is InChI=1S/C18H24ClNO5/c1-18(2,3)25-17(24)14(16(22)23)8-10-20-9-4-5-12-11-13(19)6-7-15(12)21/h4-7,11,14,20-21H,8-10H2,1-3H3,(H,22,23)/b5-4+/t14-/m0/s1. The lowest BCUT2D eigenvalue weighted by atomic mass is 10.1. The van der Waals surface area contributed by atoms with Crippen molar-refractivity contribution in [1.29, 1.82) is 0 Å². The highest BCUT2D eigenvalue weighted by Crippen LogP contribution is 2.22. The number of phenols is 1. The molecular weight excluding hydrogens is 346 g/mol. The first-order valence-corrected chi connectivity index (χ1v) is 8.29. The molecular formula is C18H24ClNO5. The molecule has 0 amide bonds. The van der Waals surface area contributed by atoms with Gasteiger partial charge in [0.05, 0.1) is 0 Å². The Morgan fingerprint density at radius 3 is 2.64 bits per heavy atom. The third-order valence-electron chi connectivity index (χ3n) is 3.15. The minimum atomic E-state index is -1.20. The molecule has 0 spiro atoms. The smallest absolute Gasteiger partial charge is 0.320 e. The van der Waals surface area contributed by atoms with Crippen LogP contribution in [0.2, 0.25) is 5.02 Å². The van der Waals surface area contributed by atoms with E-state index in [2.05, 4.69) is 5.32 Å². The highest BCUT2D eigenvalue weighted by atomic mass is 35.5. The molecule has 138 valence electrons. The van der Waals surface area contributed by atoms with E-state index in [0.29, 0.717) is 23.7 Å². The van der Waals surface area contributed by atoms with Crippen LogP contribution in [0.5, 0.6) is 5.75 Å². The van der Waals surface area contributed by atoms with Gasteiger partial charge in [0.1, 0.15) is 11.4 Å². The molecule has 3 N–H and O–H groups in total. The maximum Gasteiger partial charge on any atom is 0.320 e. The maximum absolute atomic E-state index is 11.9. The van der Waals surface area contributed by atoms with Gasteiger partial charge in [0.2, 0.25) is 0 Å². The van der Waals surface area contributed by atoms with Crippen LogP contribution in [-0.2, 0) is 14.3 Å². The third-order valence-corrected chi connectivity index (χ3v) is 3.38. The molecule has 0 aromatic heterocycles. The van der Waals surface area contributed by atoms with Crippen LogP contribution in [0.1, 0.15) is 32.8 Å². The topological polar surface area (TPSA) is 95.9 Å². The van der Waals surface area contributed by atoms with Gasteiger partial charge in [-0.2, -0.15) is 0 Å². The van der Waals surface area contributed by atoms with E-state index in [-0.39, 0.29) is 12.2 Å². The number of esters is 1. The normalized spacial score (nSPS) is 13.0. The predicted molar refractivity (Wildman–Crippen MR) is 96.6 cm³/mol. The number of carbonyl (C=O) groups excluding carboxylic acids is 1. The lowest BCUT2D eigenvalue weighted by Gasteiger charge is -2.22. The zero-order chi connectivity index (χ0) is 19.0. The van der Waals surface area contributed by atoms with Crippen LogP contribution in [-0.4, -0.2) is 40.8 Å². The summed E-state index contributed by atoms with van der Waals surface area (Å²) in [6.07, 6.45) is 3.60. The van der Waals surface area contributed by atoms with Crippen molar-refractivity contribution in [2.75, 3.05) is 13.1 Å². The van der Waals surface area contributed by atoms with Crippen molar-refractivity contribution in [2.24, 2.45) is 5.92 Å². The van der Waals surface area contributed by atoms with Crippen LogP contribution >= 0.6 is 11.6 Å². The summed E-state index contributed by atoms with van der Waals surface area (Å²) in [4.78, 5) is 23.1. The summed E-state index contributed by atoms with van der Waals surface area (Å²) in [6, 6.07) is 4.74. The SMILES string of the molecule is CC(C)(C)OC(=O)[C@@H](CCNC/C=C/c1cc(Cl)ccc1O)C(=O)O. The Kier molecular flexibility index (Phi) is 7.93. The van der Waals surface area contributed by atoms with E-state index in [0.717, 1.165) is 0 Å². The number of rotatable bonds is 8. The first-order chi connectivity index (χ1) is 11.6. The summed E-state index contributed by atoms with van der Waals surface area (Å²) in [5.74, 6) is -3.01. The zero-order valence-corrected chi connectivity index (χ0v) is 15.3. The van der Waals surface area contributed by atoms with Gasteiger partial charge in [0.25, 0.3) is 0 Å². The van der Waals surface area contributed by atoms with Crippen LogP contribution in [0.25, 0.3) is 6.08 Å². The predicted octanol–water partition coefficient (Wildman–Crippen LogP) is 3.08. The van der Waals surface area contributed by atoms with Crippen LogP contribution < -0.4 is 5.32 Å². The lowest BCUT2D eigenvalue weighted by Crippen LogP contribution is -2.34. The molecule has 0 aliphatic rings. The molecule has 1 aromatic rings. The Morgan fingerprint density at radius 2 is 2.04 bits per heavy atom. The summed E-state index contributed by atoms with van der Waals surface area (Å²) in [7, 11) is 0. The number of ether oxygens (including phenoxy) is 1. The van der Waals surface area contributed by atoms with E-state index in [4.69, 9.17) is 21.4 Å². The highest BCUT2D eigenvalue weighted by molar-refractivity contribution is 6.30. The molecule has 1 aromatic carbocycles. The number of hydrogen-bond acceptors (Lipinski definition) is 5. The number of hydrogen-bond donors (Lipinski definition) is 3. The molecule has 0 aliphatic carbocycles. The molecule has 0 radical (unpaired) electrons. The summed E-state index contributed by atoms with van der Waals surface area (Å²) in [6.45, 7) is 5.86. The number of benzene rings is 1. The first-order valence-electron chi connectivity index (χ1n) is 7.91. The lowest BCUT2D eigenvalue weighted by molar-refractivity contribution is -0.167. The third kappa shape index (κ3) is 8.05. The average molecular weight is 370 g/mol. The molecule has 0 bridgehead atoms. The van der Waals surface area contributed by atoms with Crippen LogP contribution in [0.3, 0.4) is 0 Å². The van der Waals surface area contributed by atoms with Crippen molar-refractivity contribution < 1.29 is 24.5 Å². The second-order valence-electron chi connectivity index (χ2n) is 6.52. The second-order valence-corrected chi connectivity index (χ2v) is 6.96. The molecule has 0 saturated heterocycles. The number of carboxylic acid groups (broad SMARTS) is 1. The molecule has 25 heavy (non-hydrogen) atoms. The monoisotopic (exact) mass is 369 g/mol. The first kappa shape index (κ1) is 21.0. The van der Waals surface area contributed by atoms with Crippen LogP contribution in [0, 0.1) is 5.92 Å². The van der Waals surface area contributed by atoms with Crippen molar-refractivity contribution >= 4 is 29.6 Å². The molecule has 0 fully saturated rings. The number of nitrogens with one attached hydrogen (secondary N) is 1. The number of halogens is 1. The number of aromatic hydroxyl groups is 1.